The summed E-state index contributed by atoms with van der Waals surface area (Å²) in [7, 11) is -3.67. The summed E-state index contributed by atoms with van der Waals surface area (Å²) in [6, 6.07) is 12.1. The minimum atomic E-state index is -3.67. The van der Waals surface area contributed by atoms with Crippen molar-refractivity contribution in [3.05, 3.63) is 66.1 Å². The second kappa shape index (κ2) is 8.52. The number of hydrogen-bond donors (Lipinski definition) is 3. The molecule has 2 heterocycles. The third-order valence-electron chi connectivity index (χ3n) is 3.68. The van der Waals surface area contributed by atoms with Gasteiger partial charge in [-0.05, 0) is 36.2 Å². The third-order valence-corrected chi connectivity index (χ3v) is 4.61. The predicted octanol–water partition coefficient (Wildman–Crippen LogP) is 1.18. The van der Waals surface area contributed by atoms with E-state index in [-0.39, 0.29) is 4.90 Å². The number of benzene rings is 1. The lowest BCUT2D eigenvalue weighted by Crippen LogP contribution is -2.12. The Hall–Kier alpha value is -3.11. The first-order valence-corrected chi connectivity index (χ1v) is 9.74. The zero-order valence-corrected chi connectivity index (χ0v) is 15.2. The molecule has 2 aromatic heterocycles. The van der Waals surface area contributed by atoms with Crippen LogP contribution in [-0.4, -0.2) is 35.1 Å². The Kier molecular flexibility index (Phi) is 5.89. The molecule has 0 aliphatic carbocycles. The molecule has 1 aromatic carbocycles. The highest BCUT2D eigenvalue weighted by Gasteiger charge is 2.07. The first-order chi connectivity index (χ1) is 13.0. The maximum absolute atomic E-state index is 11.3. The molecule has 0 unspecified atom stereocenters. The van der Waals surface area contributed by atoms with Gasteiger partial charge in [0.2, 0.25) is 16.0 Å². The molecule has 27 heavy (non-hydrogen) atoms. The lowest BCUT2D eigenvalue weighted by Gasteiger charge is -2.08. The number of aromatic nitrogens is 4. The summed E-state index contributed by atoms with van der Waals surface area (Å²) in [6.45, 7) is 1.11. The van der Waals surface area contributed by atoms with Crippen molar-refractivity contribution in [2.24, 2.45) is 5.14 Å². The second-order valence-corrected chi connectivity index (χ2v) is 7.27. The summed E-state index contributed by atoms with van der Waals surface area (Å²) >= 11 is 0. The third kappa shape index (κ3) is 5.69. The number of nitrogens with zero attached hydrogens (tertiary/aromatic N) is 4. The van der Waals surface area contributed by atoms with Crippen molar-refractivity contribution in [2.75, 3.05) is 17.2 Å². The van der Waals surface area contributed by atoms with Gasteiger partial charge in [-0.3, -0.25) is 4.98 Å². The zero-order valence-electron chi connectivity index (χ0n) is 14.4. The van der Waals surface area contributed by atoms with Gasteiger partial charge >= 0.3 is 0 Å². The van der Waals surface area contributed by atoms with Gasteiger partial charge in [0.15, 0.2) is 5.82 Å². The molecule has 0 radical (unpaired) electrons. The van der Waals surface area contributed by atoms with E-state index in [1.54, 1.807) is 24.5 Å². The van der Waals surface area contributed by atoms with Crippen molar-refractivity contribution in [3.8, 4) is 0 Å². The number of nitrogens with two attached hydrogens (primary N) is 1. The largest absolute Gasteiger partial charge is 0.363 e. The van der Waals surface area contributed by atoms with Crippen LogP contribution in [0.1, 0.15) is 11.3 Å². The van der Waals surface area contributed by atoms with Crippen molar-refractivity contribution >= 4 is 21.8 Å². The number of anilines is 2. The van der Waals surface area contributed by atoms with Crippen molar-refractivity contribution < 1.29 is 8.42 Å². The Morgan fingerprint density at radius 2 is 1.85 bits per heavy atom. The first kappa shape index (κ1) is 18.7. The highest BCUT2D eigenvalue weighted by Crippen LogP contribution is 2.10. The second-order valence-electron chi connectivity index (χ2n) is 5.71. The fourth-order valence-corrected chi connectivity index (χ4v) is 2.83. The highest BCUT2D eigenvalue weighted by atomic mass is 32.2. The minimum absolute atomic E-state index is 0.0958. The number of hydrogen-bond acceptors (Lipinski definition) is 8. The number of pyridine rings is 1. The maximum Gasteiger partial charge on any atom is 0.244 e. The van der Waals surface area contributed by atoms with E-state index in [0.29, 0.717) is 31.3 Å². The standard InChI is InChI=1S/C17H19N7O2S/c18-27(25,26)15-6-4-13(5-7-15)8-10-20-17-23-16(12-22-24-17)21-11-14-3-1-2-9-19-14/h1-7,9,12H,8,10-11H2,(H2,18,25,26)(H2,20,21,23,24). The number of primary sulfonamides is 1. The normalized spacial score (nSPS) is 11.1. The summed E-state index contributed by atoms with van der Waals surface area (Å²) in [4.78, 5) is 8.67. The molecule has 0 aliphatic heterocycles. The zero-order chi connectivity index (χ0) is 19.1. The molecule has 0 atom stereocenters. The SMILES string of the molecule is NS(=O)(=O)c1ccc(CCNc2nncc(NCc3ccccn3)n2)cc1. The van der Waals surface area contributed by atoms with E-state index in [2.05, 4.69) is 30.8 Å². The monoisotopic (exact) mass is 385 g/mol. The fourth-order valence-electron chi connectivity index (χ4n) is 2.31. The van der Waals surface area contributed by atoms with Gasteiger partial charge in [0.25, 0.3) is 0 Å². The highest BCUT2D eigenvalue weighted by molar-refractivity contribution is 7.89. The lowest BCUT2D eigenvalue weighted by atomic mass is 10.1. The Bertz CT molecular complexity index is 980. The topological polar surface area (TPSA) is 136 Å². The Morgan fingerprint density at radius 3 is 2.56 bits per heavy atom. The minimum Gasteiger partial charge on any atom is -0.363 e. The average Bonchev–Trinajstić information content (AvgIpc) is 2.67. The average molecular weight is 385 g/mol. The van der Waals surface area contributed by atoms with E-state index >= 15 is 0 Å². The number of rotatable bonds is 8. The molecule has 0 saturated heterocycles. The first-order valence-electron chi connectivity index (χ1n) is 8.20. The molecule has 0 fully saturated rings. The van der Waals surface area contributed by atoms with Crippen LogP contribution in [0.15, 0.2) is 59.8 Å². The summed E-state index contributed by atoms with van der Waals surface area (Å²) in [5, 5.41) is 19.2. The van der Waals surface area contributed by atoms with Crippen LogP contribution in [0.3, 0.4) is 0 Å². The van der Waals surface area contributed by atoms with Gasteiger partial charge in [0.05, 0.1) is 23.3 Å². The molecule has 10 heteroatoms. The molecule has 9 nitrogen and oxygen atoms in total. The van der Waals surface area contributed by atoms with Crippen LogP contribution in [0.25, 0.3) is 0 Å². The van der Waals surface area contributed by atoms with Gasteiger partial charge in [-0.2, -0.15) is 10.1 Å². The smallest absolute Gasteiger partial charge is 0.244 e. The Morgan fingerprint density at radius 1 is 1.04 bits per heavy atom. The fraction of sp³-hybridized carbons (Fsp3) is 0.176. The molecule has 3 rings (SSSR count). The molecular weight excluding hydrogens is 366 g/mol. The van der Waals surface area contributed by atoms with Crippen LogP contribution in [0.2, 0.25) is 0 Å². The van der Waals surface area contributed by atoms with Gasteiger partial charge in [-0.25, -0.2) is 13.6 Å². The summed E-state index contributed by atoms with van der Waals surface area (Å²) in [6.07, 6.45) is 3.94. The van der Waals surface area contributed by atoms with E-state index in [1.165, 1.54) is 12.1 Å². The quantitative estimate of drug-likeness (QED) is 0.526. The maximum atomic E-state index is 11.3. The molecular formula is C17H19N7O2S. The summed E-state index contributed by atoms with van der Waals surface area (Å²) < 4.78 is 22.5. The molecule has 3 aromatic rings. The van der Waals surface area contributed by atoms with Crippen molar-refractivity contribution in [1.29, 1.82) is 0 Å². The summed E-state index contributed by atoms with van der Waals surface area (Å²) in [5.41, 5.74) is 1.86. The molecule has 4 N–H and O–H groups in total. The molecule has 0 spiro atoms. The van der Waals surface area contributed by atoms with Crippen molar-refractivity contribution in [2.45, 2.75) is 17.9 Å². The number of nitrogens with one attached hydrogen (secondary N) is 2. The van der Waals surface area contributed by atoms with Crippen LogP contribution < -0.4 is 15.8 Å². The predicted molar refractivity (Wildman–Crippen MR) is 101 cm³/mol. The van der Waals surface area contributed by atoms with Crippen LogP contribution >= 0.6 is 0 Å². The van der Waals surface area contributed by atoms with Crippen molar-refractivity contribution in [1.82, 2.24) is 20.2 Å². The number of sulfonamides is 1. The van der Waals surface area contributed by atoms with Gasteiger partial charge in [0, 0.05) is 12.7 Å². The van der Waals surface area contributed by atoms with Gasteiger partial charge in [-0.1, -0.05) is 18.2 Å². The van der Waals surface area contributed by atoms with Gasteiger partial charge < -0.3 is 10.6 Å². The van der Waals surface area contributed by atoms with E-state index < -0.39 is 10.0 Å². The van der Waals surface area contributed by atoms with Crippen molar-refractivity contribution in [3.63, 3.8) is 0 Å². The molecule has 0 saturated carbocycles. The van der Waals surface area contributed by atoms with E-state index in [1.807, 2.05) is 18.2 Å². The van der Waals surface area contributed by atoms with Crippen LogP contribution in [0, 0.1) is 0 Å². The van der Waals surface area contributed by atoms with Gasteiger partial charge in [-0.15, -0.1) is 5.10 Å². The molecule has 140 valence electrons. The van der Waals surface area contributed by atoms with E-state index in [0.717, 1.165) is 11.3 Å². The Labute approximate surface area is 157 Å². The Balaban J connectivity index is 1.51. The van der Waals surface area contributed by atoms with Gasteiger partial charge in [0.1, 0.15) is 0 Å². The molecule has 0 aliphatic rings. The summed E-state index contributed by atoms with van der Waals surface area (Å²) in [5.74, 6) is 0.998. The van der Waals surface area contributed by atoms with E-state index in [9.17, 15) is 8.42 Å². The van der Waals surface area contributed by atoms with Crippen LogP contribution in [0.4, 0.5) is 11.8 Å². The molecule has 0 bridgehead atoms. The van der Waals surface area contributed by atoms with Crippen LogP contribution in [0.5, 0.6) is 0 Å². The van der Waals surface area contributed by atoms with E-state index in [4.69, 9.17) is 5.14 Å². The molecule has 0 amide bonds. The van der Waals surface area contributed by atoms with Crippen LogP contribution in [-0.2, 0) is 23.0 Å². The lowest BCUT2D eigenvalue weighted by molar-refractivity contribution is 0.598.